The van der Waals surface area contributed by atoms with E-state index in [2.05, 4.69) is 51.1 Å². The van der Waals surface area contributed by atoms with E-state index < -0.39 is 63.2 Å². The molecule has 0 radical (unpaired) electrons. The summed E-state index contributed by atoms with van der Waals surface area (Å²) in [5.74, 6) is 0. The van der Waals surface area contributed by atoms with Crippen LogP contribution in [0.15, 0.2) is 182 Å². The molecule has 0 aliphatic carbocycles. The van der Waals surface area contributed by atoms with E-state index >= 15 is 0 Å². The molecule has 9 aromatic rings. The first kappa shape index (κ1) is 38.2. The minimum absolute atomic E-state index is 0.409. The van der Waals surface area contributed by atoms with Crippen LogP contribution in [-0.4, -0.2) is 71.7 Å². The Bertz CT molecular complexity index is 4760. The second-order valence-electron chi connectivity index (χ2n) is 20.6. The van der Waals surface area contributed by atoms with E-state index in [1.807, 2.05) is 184 Å². The molecular weight excluding hydrogens is 1370 g/mol. The van der Waals surface area contributed by atoms with Gasteiger partial charge in [-0.1, -0.05) is 0 Å². The molecule has 12 nitrogen and oxygen atoms in total. The van der Waals surface area contributed by atoms with Gasteiger partial charge in [-0.3, -0.25) is 0 Å². The van der Waals surface area contributed by atoms with Gasteiger partial charge in [0.15, 0.2) is 0 Å². The first-order chi connectivity index (χ1) is 45.0. The molecular formula is C68H56N12Pt2-4. The Morgan fingerprint density at radius 2 is 0.646 bits per heavy atom. The maximum absolute atomic E-state index is 9.20. The fourth-order valence-electron chi connectivity index (χ4n) is 11.7. The molecule has 412 valence electrons. The first-order valence-electron chi connectivity index (χ1n) is 32.7. The molecule has 16 rings (SSSR count). The van der Waals surface area contributed by atoms with Crippen LogP contribution < -0.4 is 58.8 Å². The van der Waals surface area contributed by atoms with E-state index in [9.17, 15) is 4.11 Å². The second-order valence-corrected chi connectivity index (χ2v) is 25.8. The van der Waals surface area contributed by atoms with Gasteiger partial charge in [-0.15, -0.1) is 0 Å². The van der Waals surface area contributed by atoms with Crippen molar-refractivity contribution in [3.63, 3.8) is 0 Å². The van der Waals surface area contributed by atoms with E-state index in [0.29, 0.717) is 119 Å². The number of hydrogen-bond acceptors (Lipinski definition) is 12. The van der Waals surface area contributed by atoms with Crippen LogP contribution in [0, 0.1) is 24.3 Å². The van der Waals surface area contributed by atoms with Crippen LogP contribution in [0.4, 0.5) is 114 Å². The summed E-state index contributed by atoms with van der Waals surface area (Å²) in [6, 6.07) is 72.5. The summed E-state index contributed by atoms with van der Waals surface area (Å²) in [4.78, 5) is 21.8. The Labute approximate surface area is 512 Å². The molecule has 0 N–H and O–H groups in total. The molecule has 7 aliphatic rings. The molecule has 14 heteroatoms. The van der Waals surface area contributed by atoms with Gasteiger partial charge in [-0.25, -0.2) is 0 Å². The third-order valence-electron chi connectivity index (χ3n) is 15.6. The van der Waals surface area contributed by atoms with E-state index in [0.717, 1.165) is 37.3 Å². The standard InChI is InChI=1S/C68H56N12.2Pt/c1-69(2)55-39-57(77-47-72(5)63-25-9-13-29-67(63)77)43-59(40-55)79(53-21-17-19-51(37-53)75-45-70(3)61-23-7-11-27-65(61)75)49-31-33-50(34-32-49)80(54-22-18-20-52(38-54)76-46-71(4)62-24-8-12-28-66(62)76)60-42-56(74-35-15-16-36-74)41-58(44-60)78-48-73(6)64-26-10-14-30-68(64)78;;/h7-14,17-34,39-42H,15-16,35-36H2,1-6H3;;/q-4;;/i3D3,4D3,5D3,6D3;;. The van der Waals surface area contributed by atoms with Gasteiger partial charge in [0.25, 0.3) is 0 Å². The SMILES string of the molecule is [2H]C([2H])([2H])N1[C]2=[Pt]=[C]3N(c4[c-]c(cc(N(C)C)c4)N(c4ccc(N5c6[c-]c(ccc6)N6[C](=[Pt]=[C]7N(c8[c-]c5cc(N5CCCC5)c8)c5ccccc5N7C([2H])([2H])[2H])N(C([2H])([2H])[2H])c5ccccc56)cc4)c4[c-]c(ccc4)N2c2ccccc21)c1ccccc1N3C([2H])([2H])[2H]. The summed E-state index contributed by atoms with van der Waals surface area (Å²) in [6.07, 6.45) is 1.97. The molecule has 0 saturated carbocycles. The predicted octanol–water partition coefficient (Wildman–Crippen LogP) is 13.4. The second kappa shape index (κ2) is 19.0. The molecule has 82 heavy (non-hydrogen) atoms. The summed E-state index contributed by atoms with van der Waals surface area (Å²) in [7, 11) is 3.89. The maximum atomic E-state index is 9.20. The average Bonchev–Trinajstić information content (AvgIpc) is 1.56. The van der Waals surface area contributed by atoms with Gasteiger partial charge >= 0.3 is 515 Å². The summed E-state index contributed by atoms with van der Waals surface area (Å²) < 4.78 is 112. The molecule has 1 saturated heterocycles. The predicted molar refractivity (Wildman–Crippen MR) is 335 cm³/mol. The molecule has 0 atom stereocenters. The van der Waals surface area contributed by atoms with E-state index in [1.54, 1.807) is 24.3 Å². The van der Waals surface area contributed by atoms with Crippen molar-refractivity contribution in [1.82, 2.24) is 0 Å². The van der Waals surface area contributed by atoms with Gasteiger partial charge in [0.2, 0.25) is 0 Å². The van der Waals surface area contributed by atoms with Gasteiger partial charge in [-0.2, -0.15) is 0 Å². The molecule has 1 fully saturated rings. The monoisotopic (exact) mass is 1440 g/mol. The Kier molecular flexibility index (Phi) is 8.86. The van der Waals surface area contributed by atoms with Crippen LogP contribution in [0.1, 0.15) is 29.3 Å². The fourth-order valence-corrected chi connectivity index (χ4v) is 18.0. The van der Waals surface area contributed by atoms with Gasteiger partial charge in [0, 0.05) is 0 Å². The van der Waals surface area contributed by atoms with Gasteiger partial charge in [0.1, 0.15) is 0 Å². The van der Waals surface area contributed by atoms with Crippen molar-refractivity contribution in [2.75, 3.05) is 114 Å². The first-order valence-corrected chi connectivity index (χ1v) is 31.3. The van der Waals surface area contributed by atoms with Crippen molar-refractivity contribution >= 4 is 130 Å². The molecule has 0 spiro atoms. The number of anilines is 20. The number of rotatable bonds is 4. The molecule has 0 unspecified atom stereocenters. The van der Waals surface area contributed by atoms with Crippen molar-refractivity contribution in [1.29, 1.82) is 0 Å². The van der Waals surface area contributed by atoms with Crippen molar-refractivity contribution < 1.29 is 51.7 Å². The average molecular weight is 1440 g/mol. The Morgan fingerprint density at radius 1 is 0.341 bits per heavy atom. The molecule has 7 aliphatic heterocycles. The molecule has 0 amide bonds. The van der Waals surface area contributed by atoms with Crippen molar-refractivity contribution in [3.8, 4) is 0 Å². The molecule has 0 aromatic heterocycles. The van der Waals surface area contributed by atoms with Crippen LogP contribution in [0.2, 0.25) is 0 Å². The summed E-state index contributed by atoms with van der Waals surface area (Å²) in [5, 5.41) is 0. The molecule has 9 aromatic carbocycles. The zero-order valence-electron chi connectivity index (χ0n) is 56.1. The van der Waals surface area contributed by atoms with Crippen molar-refractivity contribution in [3.05, 3.63) is 206 Å². The molecule has 8 bridgehead atoms. The Hall–Kier alpha value is -8.56. The number of benzene rings is 9. The number of para-hydroxylation sites is 8. The van der Waals surface area contributed by atoms with E-state index in [4.69, 9.17) is 12.3 Å². The van der Waals surface area contributed by atoms with Gasteiger partial charge in [-0.05, 0) is 0 Å². The van der Waals surface area contributed by atoms with Crippen molar-refractivity contribution in [2.24, 2.45) is 0 Å². The number of nitrogens with zero attached hydrogens (tertiary/aromatic N) is 12. The van der Waals surface area contributed by atoms with Crippen LogP contribution in [0.25, 0.3) is 0 Å². The Balaban J connectivity index is 0.933. The number of fused-ring (bicyclic) bond motifs is 24. The van der Waals surface area contributed by atoms with Crippen LogP contribution >= 0.6 is 0 Å². The molecule has 7 heterocycles. The summed E-state index contributed by atoms with van der Waals surface area (Å²) in [5.41, 5.74) is 12.0. The quantitative estimate of drug-likeness (QED) is 0.158. The summed E-state index contributed by atoms with van der Waals surface area (Å²) >= 11 is -3.46. The van der Waals surface area contributed by atoms with Gasteiger partial charge in [0.05, 0.1) is 0 Å². The third kappa shape index (κ3) is 7.57. The van der Waals surface area contributed by atoms with Crippen LogP contribution in [0.3, 0.4) is 0 Å². The number of hydrogen-bond donors (Lipinski definition) is 0. The Morgan fingerprint density at radius 3 is 1.01 bits per heavy atom. The van der Waals surface area contributed by atoms with Crippen LogP contribution in [0.5, 0.6) is 0 Å². The van der Waals surface area contributed by atoms with Crippen molar-refractivity contribution in [2.45, 2.75) is 12.8 Å². The van der Waals surface area contributed by atoms with Crippen LogP contribution in [-0.2, 0) is 35.3 Å². The minimum atomic E-state index is -2.69. The zero-order chi connectivity index (χ0) is 65.1. The van der Waals surface area contributed by atoms with E-state index in [1.165, 1.54) is 19.6 Å². The van der Waals surface area contributed by atoms with E-state index in [-0.39, 0.29) is 0 Å². The topological polar surface area (TPSA) is 38.9 Å². The third-order valence-corrected chi connectivity index (χ3v) is 21.7. The normalized spacial score (nSPS) is 19.5. The van der Waals surface area contributed by atoms with Gasteiger partial charge < -0.3 is 0 Å². The summed E-state index contributed by atoms with van der Waals surface area (Å²) in [6.45, 7) is -9.15. The zero-order valence-corrected chi connectivity index (χ0v) is 48.7. The fraction of sp³-hybridized carbons (Fsp3) is 0.147.